The van der Waals surface area contributed by atoms with Crippen LogP contribution in [0.3, 0.4) is 0 Å². The third-order valence-electron chi connectivity index (χ3n) is 5.78. The van der Waals surface area contributed by atoms with Crippen molar-refractivity contribution in [3.63, 3.8) is 0 Å². The zero-order valence-corrected chi connectivity index (χ0v) is 21.3. The van der Waals surface area contributed by atoms with E-state index in [0.29, 0.717) is 33.2 Å². The Morgan fingerprint density at radius 3 is 2.42 bits per heavy atom. The highest BCUT2D eigenvalue weighted by Gasteiger charge is 2.12. The molecule has 3 aromatic carbocycles. The third-order valence-corrected chi connectivity index (χ3v) is 6.38. The van der Waals surface area contributed by atoms with Gasteiger partial charge >= 0.3 is 0 Å². The van der Waals surface area contributed by atoms with Crippen LogP contribution >= 0.6 is 11.6 Å². The molecule has 0 unspecified atom stereocenters. The molecule has 0 bridgehead atoms. The third kappa shape index (κ3) is 6.07. The van der Waals surface area contributed by atoms with E-state index in [2.05, 4.69) is 12.2 Å². The predicted octanol–water partition coefficient (Wildman–Crippen LogP) is 7.22. The number of aryl methyl sites for hydroxylation is 3. The Labute approximate surface area is 214 Å². The van der Waals surface area contributed by atoms with Crippen LogP contribution in [0, 0.1) is 13.8 Å². The molecule has 0 spiro atoms. The van der Waals surface area contributed by atoms with Crippen LogP contribution in [0.15, 0.2) is 70.1 Å². The van der Waals surface area contributed by atoms with E-state index in [0.717, 1.165) is 30.4 Å². The lowest BCUT2D eigenvalue weighted by Crippen LogP contribution is -2.20. The lowest BCUT2D eigenvalue weighted by atomic mass is 10.1. The molecule has 1 heterocycles. The molecular formula is C29H28ClNO5. The number of ether oxygens (including phenoxy) is 2. The molecule has 0 aliphatic rings. The van der Waals surface area contributed by atoms with Gasteiger partial charge in [0.1, 0.15) is 23.3 Å². The first kappa shape index (κ1) is 25.3. The van der Waals surface area contributed by atoms with E-state index in [1.54, 1.807) is 30.3 Å². The Hall–Kier alpha value is -3.77. The topological polar surface area (TPSA) is 77.8 Å². The number of carbonyl (C=O) groups excluding carboxylic acids is 1. The molecule has 0 atom stereocenters. The Morgan fingerprint density at radius 1 is 1.00 bits per heavy atom. The molecule has 0 saturated heterocycles. The number of unbranched alkanes of at least 4 members (excludes halogenated alkanes) is 1. The van der Waals surface area contributed by atoms with E-state index < -0.39 is 0 Å². The normalized spacial score (nSPS) is 10.9. The fraction of sp³-hybridized carbons (Fsp3) is 0.241. The number of amides is 1. The number of halogens is 1. The summed E-state index contributed by atoms with van der Waals surface area (Å²) in [4.78, 5) is 25.2. The van der Waals surface area contributed by atoms with Crippen molar-refractivity contribution < 1.29 is 18.7 Å². The molecule has 0 aliphatic carbocycles. The lowest BCUT2D eigenvalue weighted by molar-refractivity contribution is -0.118. The van der Waals surface area contributed by atoms with Crippen molar-refractivity contribution >= 4 is 34.2 Å². The van der Waals surface area contributed by atoms with Crippen LogP contribution in [-0.4, -0.2) is 12.5 Å². The fourth-order valence-electron chi connectivity index (χ4n) is 3.82. The summed E-state index contributed by atoms with van der Waals surface area (Å²) in [7, 11) is 0. The number of hydrogen-bond donors (Lipinski definition) is 1. The van der Waals surface area contributed by atoms with Gasteiger partial charge in [-0.1, -0.05) is 37.1 Å². The van der Waals surface area contributed by atoms with Gasteiger partial charge in [0.25, 0.3) is 5.91 Å². The van der Waals surface area contributed by atoms with Crippen molar-refractivity contribution in [2.24, 2.45) is 0 Å². The molecule has 1 aromatic heterocycles. The van der Waals surface area contributed by atoms with Crippen molar-refractivity contribution in [1.29, 1.82) is 0 Å². The van der Waals surface area contributed by atoms with Crippen LogP contribution in [0.1, 0.15) is 36.5 Å². The second-order valence-electron chi connectivity index (χ2n) is 8.70. The standard InChI is InChI=1S/C29H28ClNO5/c1-4-5-6-20-7-9-21(10-8-20)31-27(32)17-34-22-11-12-24-25(15-22)35-16-26(29(24)33)36-23-13-18(2)28(30)19(3)14-23/h7-16H,4-6,17H2,1-3H3,(H,31,32). The largest absolute Gasteiger partial charge is 0.484 e. The lowest BCUT2D eigenvalue weighted by Gasteiger charge is -2.10. The summed E-state index contributed by atoms with van der Waals surface area (Å²) in [5.41, 5.74) is 3.69. The Balaban J connectivity index is 1.40. The molecule has 0 saturated carbocycles. The van der Waals surface area contributed by atoms with Crippen LogP contribution in [0.2, 0.25) is 5.02 Å². The second kappa shape index (κ2) is 11.3. The average Bonchev–Trinajstić information content (AvgIpc) is 2.87. The van der Waals surface area contributed by atoms with E-state index in [1.165, 1.54) is 11.8 Å². The number of nitrogens with one attached hydrogen (secondary N) is 1. The average molecular weight is 506 g/mol. The highest BCUT2D eigenvalue weighted by Crippen LogP contribution is 2.29. The predicted molar refractivity (Wildman–Crippen MR) is 143 cm³/mol. The van der Waals surface area contributed by atoms with Gasteiger partial charge in [0.05, 0.1) is 5.39 Å². The number of fused-ring (bicyclic) bond motifs is 1. The maximum absolute atomic E-state index is 12.9. The second-order valence-corrected chi connectivity index (χ2v) is 9.08. The quantitative estimate of drug-likeness (QED) is 0.260. The van der Waals surface area contributed by atoms with E-state index >= 15 is 0 Å². The summed E-state index contributed by atoms with van der Waals surface area (Å²) >= 11 is 6.21. The van der Waals surface area contributed by atoms with Gasteiger partial charge in [-0.15, -0.1) is 0 Å². The smallest absolute Gasteiger partial charge is 0.262 e. The van der Waals surface area contributed by atoms with E-state index in [4.69, 9.17) is 25.5 Å². The minimum Gasteiger partial charge on any atom is -0.484 e. The van der Waals surface area contributed by atoms with Crippen molar-refractivity contribution in [3.05, 3.63) is 92.8 Å². The molecule has 186 valence electrons. The molecule has 0 fully saturated rings. The van der Waals surface area contributed by atoms with Crippen molar-refractivity contribution in [2.45, 2.75) is 40.0 Å². The van der Waals surface area contributed by atoms with Gasteiger partial charge < -0.3 is 19.2 Å². The highest BCUT2D eigenvalue weighted by atomic mass is 35.5. The molecule has 36 heavy (non-hydrogen) atoms. The first-order chi connectivity index (χ1) is 17.3. The van der Waals surface area contributed by atoms with Crippen molar-refractivity contribution in [1.82, 2.24) is 0 Å². The number of anilines is 1. The van der Waals surface area contributed by atoms with Gasteiger partial charge in [-0.3, -0.25) is 9.59 Å². The molecule has 4 aromatic rings. The van der Waals surface area contributed by atoms with Crippen LogP contribution in [0.4, 0.5) is 5.69 Å². The molecule has 4 rings (SSSR count). The molecule has 0 radical (unpaired) electrons. The number of rotatable bonds is 9. The SMILES string of the molecule is CCCCc1ccc(NC(=O)COc2ccc3c(=O)c(Oc4cc(C)c(Cl)c(C)c4)coc3c2)cc1. The Morgan fingerprint density at radius 2 is 1.72 bits per heavy atom. The van der Waals surface area contributed by atoms with Crippen LogP contribution in [0.5, 0.6) is 17.2 Å². The van der Waals surface area contributed by atoms with Crippen LogP contribution in [0.25, 0.3) is 11.0 Å². The van der Waals surface area contributed by atoms with Crippen molar-refractivity contribution in [3.8, 4) is 17.2 Å². The summed E-state index contributed by atoms with van der Waals surface area (Å²) < 4.78 is 17.0. The maximum Gasteiger partial charge on any atom is 0.262 e. The summed E-state index contributed by atoms with van der Waals surface area (Å²) in [5.74, 6) is 0.698. The maximum atomic E-state index is 12.9. The van der Waals surface area contributed by atoms with E-state index in [-0.39, 0.29) is 23.7 Å². The summed E-state index contributed by atoms with van der Waals surface area (Å²) in [6.07, 6.45) is 4.58. The van der Waals surface area contributed by atoms with Crippen LogP contribution < -0.4 is 20.2 Å². The summed E-state index contributed by atoms with van der Waals surface area (Å²) in [6.45, 7) is 5.73. The fourth-order valence-corrected chi connectivity index (χ4v) is 3.93. The van der Waals surface area contributed by atoms with Crippen molar-refractivity contribution in [2.75, 3.05) is 11.9 Å². The van der Waals surface area contributed by atoms with Gasteiger partial charge in [-0.05, 0) is 79.8 Å². The zero-order chi connectivity index (χ0) is 25.7. The molecule has 0 aliphatic heterocycles. The van der Waals surface area contributed by atoms with Gasteiger partial charge in [0.15, 0.2) is 6.61 Å². The molecule has 7 heteroatoms. The van der Waals surface area contributed by atoms with E-state index in [1.807, 2.05) is 38.1 Å². The van der Waals surface area contributed by atoms with Gasteiger partial charge in [-0.25, -0.2) is 0 Å². The monoisotopic (exact) mass is 505 g/mol. The molecular weight excluding hydrogens is 478 g/mol. The zero-order valence-electron chi connectivity index (χ0n) is 20.5. The van der Waals surface area contributed by atoms with Gasteiger partial charge in [0, 0.05) is 16.8 Å². The summed E-state index contributed by atoms with van der Waals surface area (Å²) in [5, 5.41) is 3.83. The van der Waals surface area contributed by atoms with E-state index in [9.17, 15) is 9.59 Å². The Kier molecular flexibility index (Phi) is 7.96. The molecule has 6 nitrogen and oxygen atoms in total. The number of benzene rings is 3. The first-order valence-corrected chi connectivity index (χ1v) is 12.2. The Bertz CT molecular complexity index is 1420. The van der Waals surface area contributed by atoms with Crippen LogP contribution in [-0.2, 0) is 11.2 Å². The number of carbonyl (C=O) groups is 1. The number of hydrogen-bond acceptors (Lipinski definition) is 5. The minimum absolute atomic E-state index is 0.0670. The molecule has 1 amide bonds. The highest BCUT2D eigenvalue weighted by molar-refractivity contribution is 6.32. The van der Waals surface area contributed by atoms with Gasteiger partial charge in [0.2, 0.25) is 11.2 Å². The summed E-state index contributed by atoms with van der Waals surface area (Å²) in [6, 6.07) is 16.1. The molecule has 1 N–H and O–H groups in total. The first-order valence-electron chi connectivity index (χ1n) is 11.9. The van der Waals surface area contributed by atoms with Gasteiger partial charge in [-0.2, -0.15) is 0 Å². The minimum atomic E-state index is -0.312.